The van der Waals surface area contributed by atoms with Crippen LogP contribution < -0.4 is 0 Å². The highest BCUT2D eigenvalue weighted by molar-refractivity contribution is 5.81. The molecule has 0 saturated carbocycles. The Morgan fingerprint density at radius 2 is 1.84 bits per heavy atom. The molecule has 0 saturated heterocycles. The van der Waals surface area contributed by atoms with Crippen LogP contribution in [0, 0.1) is 6.92 Å². The van der Waals surface area contributed by atoms with Gasteiger partial charge in [0, 0.05) is 6.04 Å². The fourth-order valence-electron chi connectivity index (χ4n) is 1.79. The molecule has 0 aliphatic heterocycles. The fourth-order valence-corrected chi connectivity index (χ4v) is 1.79. The Kier molecular flexibility index (Phi) is 3.90. The van der Waals surface area contributed by atoms with Gasteiger partial charge < -0.3 is 0 Å². The highest BCUT2D eigenvalue weighted by Crippen LogP contribution is 2.14. The van der Waals surface area contributed by atoms with E-state index in [1.807, 2.05) is 38.1 Å². The van der Waals surface area contributed by atoms with Gasteiger partial charge in [-0.2, -0.15) is 0 Å². The van der Waals surface area contributed by atoms with Crippen LogP contribution in [0.25, 0.3) is 12.2 Å². The van der Waals surface area contributed by atoms with Crippen molar-refractivity contribution in [1.82, 2.24) is 15.0 Å². The molecule has 0 N–H and O–H groups in total. The summed E-state index contributed by atoms with van der Waals surface area (Å²) in [5, 5.41) is 7.87. The molecule has 19 heavy (non-hydrogen) atoms. The lowest BCUT2D eigenvalue weighted by Crippen LogP contribution is -2.05. The smallest absolute Gasteiger partial charge is 0.172 e. The van der Waals surface area contributed by atoms with Crippen LogP contribution in [-0.2, 0) is 0 Å². The lowest BCUT2D eigenvalue weighted by atomic mass is 10.1. The Morgan fingerprint density at radius 1 is 1.16 bits per heavy atom. The van der Waals surface area contributed by atoms with E-state index < -0.39 is 0 Å². The zero-order chi connectivity index (χ0) is 13.8. The number of benzene rings is 1. The summed E-state index contributed by atoms with van der Waals surface area (Å²) in [7, 11) is 0. The molecule has 4 heteroatoms. The van der Waals surface area contributed by atoms with E-state index in [0.29, 0.717) is 5.69 Å². The molecular weight excluding hydrogens is 238 g/mol. The molecule has 4 nitrogen and oxygen atoms in total. The summed E-state index contributed by atoms with van der Waals surface area (Å²) in [4.78, 5) is 11.0. The van der Waals surface area contributed by atoms with Gasteiger partial charge in [-0.15, -0.1) is 5.10 Å². The van der Waals surface area contributed by atoms with Crippen LogP contribution in [0.5, 0.6) is 0 Å². The van der Waals surface area contributed by atoms with Gasteiger partial charge in [0.05, 0.1) is 5.69 Å². The summed E-state index contributed by atoms with van der Waals surface area (Å²) in [5.41, 5.74) is 3.42. The first kappa shape index (κ1) is 13.2. The van der Waals surface area contributed by atoms with Crippen molar-refractivity contribution in [3.63, 3.8) is 0 Å². The van der Waals surface area contributed by atoms with Gasteiger partial charge >= 0.3 is 0 Å². The number of hydrogen-bond donors (Lipinski definition) is 0. The third-order valence-corrected chi connectivity index (χ3v) is 2.87. The first-order chi connectivity index (χ1) is 9.11. The van der Waals surface area contributed by atoms with Crippen LogP contribution >= 0.6 is 0 Å². The summed E-state index contributed by atoms with van der Waals surface area (Å²) < 4.78 is 1.74. The molecule has 0 atom stereocenters. The predicted molar refractivity (Wildman–Crippen MR) is 75.9 cm³/mol. The topological polar surface area (TPSA) is 47.8 Å². The number of nitrogens with zero attached hydrogens (tertiary/aromatic N) is 3. The van der Waals surface area contributed by atoms with E-state index in [4.69, 9.17) is 0 Å². The monoisotopic (exact) mass is 255 g/mol. The third kappa shape index (κ3) is 2.96. The summed E-state index contributed by atoms with van der Waals surface area (Å²) in [6, 6.07) is 8.35. The maximum atomic E-state index is 11.0. The van der Waals surface area contributed by atoms with Gasteiger partial charge in [-0.1, -0.05) is 41.1 Å². The molecule has 2 aromatic rings. The molecule has 1 aromatic heterocycles. The fraction of sp³-hybridized carbons (Fsp3) is 0.267. The van der Waals surface area contributed by atoms with Crippen molar-refractivity contribution in [2.45, 2.75) is 26.8 Å². The van der Waals surface area contributed by atoms with E-state index in [1.165, 1.54) is 5.56 Å². The molecule has 1 heterocycles. The third-order valence-electron chi connectivity index (χ3n) is 2.87. The van der Waals surface area contributed by atoms with Crippen LogP contribution in [-0.4, -0.2) is 21.3 Å². The van der Waals surface area contributed by atoms with Gasteiger partial charge in [-0.05, 0) is 32.4 Å². The maximum Gasteiger partial charge on any atom is 0.172 e. The van der Waals surface area contributed by atoms with Crippen LogP contribution in [0.1, 0.15) is 47.2 Å². The van der Waals surface area contributed by atoms with Crippen molar-refractivity contribution < 1.29 is 4.79 Å². The molecule has 1 aromatic carbocycles. The Labute approximate surface area is 112 Å². The minimum absolute atomic E-state index is 0.166. The van der Waals surface area contributed by atoms with E-state index in [1.54, 1.807) is 4.68 Å². The van der Waals surface area contributed by atoms with Crippen molar-refractivity contribution in [2.24, 2.45) is 0 Å². The second-order valence-electron chi connectivity index (χ2n) is 4.76. The zero-order valence-corrected chi connectivity index (χ0v) is 11.4. The van der Waals surface area contributed by atoms with E-state index in [2.05, 4.69) is 29.4 Å². The summed E-state index contributed by atoms with van der Waals surface area (Å²) >= 11 is 0. The standard InChI is InChI=1S/C15H17N3O/c1-11(2)18-15(14(10-19)16-17-18)9-8-13-6-4-12(3)5-7-13/h4-11H,1-3H3/b9-8+. The Bertz CT molecular complexity index is 594. The van der Waals surface area contributed by atoms with Gasteiger partial charge in [0.1, 0.15) is 0 Å². The van der Waals surface area contributed by atoms with Crippen LogP contribution in [0.4, 0.5) is 0 Å². The number of aldehydes is 1. The molecule has 0 spiro atoms. The normalized spacial score (nSPS) is 11.4. The van der Waals surface area contributed by atoms with Crippen molar-refractivity contribution in [1.29, 1.82) is 0 Å². The van der Waals surface area contributed by atoms with Gasteiger partial charge in [0.15, 0.2) is 12.0 Å². The minimum atomic E-state index is 0.166. The molecule has 0 radical (unpaired) electrons. The first-order valence-corrected chi connectivity index (χ1v) is 6.27. The Balaban J connectivity index is 2.34. The maximum absolute atomic E-state index is 11.0. The first-order valence-electron chi connectivity index (χ1n) is 6.27. The van der Waals surface area contributed by atoms with Crippen molar-refractivity contribution in [3.05, 3.63) is 46.8 Å². The van der Waals surface area contributed by atoms with Gasteiger partial charge in [0.25, 0.3) is 0 Å². The van der Waals surface area contributed by atoms with Crippen molar-refractivity contribution in [3.8, 4) is 0 Å². The lowest BCUT2D eigenvalue weighted by molar-refractivity contribution is 0.111. The second-order valence-corrected chi connectivity index (χ2v) is 4.76. The number of aryl methyl sites for hydroxylation is 1. The van der Waals surface area contributed by atoms with Gasteiger partial charge in [0.2, 0.25) is 0 Å². The molecule has 0 aliphatic carbocycles. The lowest BCUT2D eigenvalue weighted by Gasteiger charge is -2.06. The van der Waals surface area contributed by atoms with E-state index >= 15 is 0 Å². The van der Waals surface area contributed by atoms with Crippen molar-refractivity contribution in [2.75, 3.05) is 0 Å². The molecule has 0 unspecified atom stereocenters. The SMILES string of the molecule is Cc1ccc(/C=C/c2c(C=O)nnn2C(C)C)cc1. The number of carbonyl (C=O) groups excluding carboxylic acids is 1. The molecule has 0 amide bonds. The van der Waals surface area contributed by atoms with Crippen LogP contribution in [0.3, 0.4) is 0 Å². The average molecular weight is 255 g/mol. The minimum Gasteiger partial charge on any atom is -0.296 e. The predicted octanol–water partition coefficient (Wildman–Crippen LogP) is 3.15. The average Bonchev–Trinajstić information content (AvgIpc) is 2.81. The zero-order valence-electron chi connectivity index (χ0n) is 11.4. The second kappa shape index (κ2) is 5.61. The summed E-state index contributed by atoms with van der Waals surface area (Å²) in [6.45, 7) is 6.06. The quantitative estimate of drug-likeness (QED) is 0.788. The molecular formula is C15H17N3O. The molecule has 98 valence electrons. The summed E-state index contributed by atoms with van der Waals surface area (Å²) in [6.07, 6.45) is 4.58. The number of hydrogen-bond acceptors (Lipinski definition) is 3. The number of aromatic nitrogens is 3. The van der Waals surface area contributed by atoms with Gasteiger partial charge in [-0.3, -0.25) is 4.79 Å². The highest BCUT2D eigenvalue weighted by Gasteiger charge is 2.11. The Morgan fingerprint density at radius 3 is 2.42 bits per heavy atom. The highest BCUT2D eigenvalue weighted by atomic mass is 16.1. The van der Waals surface area contributed by atoms with Crippen LogP contribution in [0.2, 0.25) is 0 Å². The summed E-state index contributed by atoms with van der Waals surface area (Å²) in [5.74, 6) is 0. The molecule has 2 rings (SSSR count). The largest absolute Gasteiger partial charge is 0.296 e. The van der Waals surface area contributed by atoms with E-state index in [-0.39, 0.29) is 6.04 Å². The molecule has 0 bridgehead atoms. The van der Waals surface area contributed by atoms with Gasteiger partial charge in [-0.25, -0.2) is 4.68 Å². The van der Waals surface area contributed by atoms with Crippen molar-refractivity contribution >= 4 is 18.4 Å². The number of carbonyl (C=O) groups is 1. The van der Waals surface area contributed by atoms with E-state index in [9.17, 15) is 4.79 Å². The molecule has 0 fully saturated rings. The molecule has 0 aliphatic rings. The van der Waals surface area contributed by atoms with E-state index in [0.717, 1.165) is 17.5 Å². The number of rotatable bonds is 4. The Hall–Kier alpha value is -2.23. The van der Waals surface area contributed by atoms with Crippen LogP contribution in [0.15, 0.2) is 24.3 Å².